The molecule has 7 heteroatoms. The van der Waals surface area contributed by atoms with Gasteiger partial charge in [0, 0.05) is 31.5 Å². The number of amides is 2. The van der Waals surface area contributed by atoms with Crippen LogP contribution in [0.5, 0.6) is 0 Å². The van der Waals surface area contributed by atoms with E-state index >= 15 is 0 Å². The summed E-state index contributed by atoms with van der Waals surface area (Å²) >= 11 is 5.88. The van der Waals surface area contributed by atoms with Crippen LogP contribution in [0.2, 0.25) is 5.02 Å². The maximum absolute atomic E-state index is 12.8. The van der Waals surface area contributed by atoms with Gasteiger partial charge in [0.05, 0.1) is 16.6 Å². The van der Waals surface area contributed by atoms with E-state index in [4.69, 9.17) is 11.6 Å². The van der Waals surface area contributed by atoms with Crippen molar-refractivity contribution in [3.63, 3.8) is 0 Å². The second-order valence-electron chi connectivity index (χ2n) is 6.90. The van der Waals surface area contributed by atoms with E-state index in [0.29, 0.717) is 23.8 Å². The third-order valence-electron chi connectivity index (χ3n) is 4.95. The number of rotatable bonds is 6. The van der Waals surface area contributed by atoms with E-state index in [1.54, 1.807) is 23.4 Å². The number of nitrogens with zero attached hydrogens (tertiary/aromatic N) is 2. The molecule has 0 bridgehead atoms. The van der Waals surface area contributed by atoms with Gasteiger partial charge in [0.2, 0.25) is 5.91 Å². The highest BCUT2D eigenvalue weighted by molar-refractivity contribution is 6.30. The molecule has 0 saturated carbocycles. The number of likely N-dealkylation sites (tertiary alicyclic amines) is 1. The standard InChI is InChI=1S/C20H25ClN4O2/c1-2-5-16(17-6-3-4-9-22-17)19(26)24-15-7-10-25(11-8-15)20(27)18-12-14(21)13-23-18/h3-4,6,9,12-13,15-16,23H,2,5,7-8,10-11H2,1H3,(H,24,26). The summed E-state index contributed by atoms with van der Waals surface area (Å²) in [5.41, 5.74) is 1.31. The van der Waals surface area contributed by atoms with Gasteiger partial charge in [0.1, 0.15) is 5.69 Å². The minimum Gasteiger partial charge on any atom is -0.356 e. The third kappa shape index (κ3) is 4.89. The first kappa shape index (κ1) is 19.4. The zero-order valence-corrected chi connectivity index (χ0v) is 16.2. The molecule has 1 fully saturated rings. The summed E-state index contributed by atoms with van der Waals surface area (Å²) in [6.07, 6.45) is 6.50. The highest BCUT2D eigenvalue weighted by Crippen LogP contribution is 2.21. The van der Waals surface area contributed by atoms with Gasteiger partial charge in [-0.3, -0.25) is 14.6 Å². The Balaban J connectivity index is 1.55. The summed E-state index contributed by atoms with van der Waals surface area (Å²) in [5, 5.41) is 3.68. The second kappa shape index (κ2) is 9.04. The van der Waals surface area contributed by atoms with Crippen LogP contribution in [-0.2, 0) is 4.79 Å². The lowest BCUT2D eigenvalue weighted by Gasteiger charge is -2.33. The van der Waals surface area contributed by atoms with Crippen molar-refractivity contribution in [3.8, 4) is 0 Å². The third-order valence-corrected chi connectivity index (χ3v) is 5.16. The summed E-state index contributed by atoms with van der Waals surface area (Å²) < 4.78 is 0. The van der Waals surface area contributed by atoms with E-state index in [1.807, 2.05) is 18.2 Å². The van der Waals surface area contributed by atoms with Gasteiger partial charge < -0.3 is 15.2 Å². The number of aromatic amines is 1. The molecule has 2 amide bonds. The van der Waals surface area contributed by atoms with Crippen LogP contribution in [-0.4, -0.2) is 45.8 Å². The average Bonchev–Trinajstić information content (AvgIpc) is 3.13. The molecule has 2 N–H and O–H groups in total. The predicted molar refractivity (Wildman–Crippen MR) is 105 cm³/mol. The van der Waals surface area contributed by atoms with Gasteiger partial charge >= 0.3 is 0 Å². The van der Waals surface area contributed by atoms with Gasteiger partial charge in [-0.25, -0.2) is 0 Å². The summed E-state index contributed by atoms with van der Waals surface area (Å²) in [4.78, 5) is 34.3. The van der Waals surface area contributed by atoms with Crippen LogP contribution in [0.4, 0.5) is 0 Å². The SMILES string of the molecule is CCCC(C(=O)NC1CCN(C(=O)c2cc(Cl)c[nH]2)CC1)c1ccccn1. The van der Waals surface area contributed by atoms with E-state index in [-0.39, 0.29) is 23.8 Å². The van der Waals surface area contributed by atoms with Crippen LogP contribution in [0.1, 0.15) is 54.7 Å². The van der Waals surface area contributed by atoms with E-state index in [0.717, 1.165) is 31.4 Å². The molecule has 1 aliphatic rings. The first-order chi connectivity index (χ1) is 13.1. The second-order valence-corrected chi connectivity index (χ2v) is 7.34. The van der Waals surface area contributed by atoms with Crippen LogP contribution in [0, 0.1) is 0 Å². The lowest BCUT2D eigenvalue weighted by atomic mass is 9.96. The Kier molecular flexibility index (Phi) is 6.50. The molecule has 6 nitrogen and oxygen atoms in total. The quantitative estimate of drug-likeness (QED) is 0.796. The fraction of sp³-hybridized carbons (Fsp3) is 0.450. The van der Waals surface area contributed by atoms with Crippen molar-refractivity contribution in [3.05, 3.63) is 53.1 Å². The maximum Gasteiger partial charge on any atom is 0.270 e. The summed E-state index contributed by atoms with van der Waals surface area (Å²) in [6, 6.07) is 7.39. The molecule has 27 heavy (non-hydrogen) atoms. The van der Waals surface area contributed by atoms with Gasteiger partial charge in [-0.2, -0.15) is 0 Å². The number of carbonyl (C=O) groups is 2. The Morgan fingerprint density at radius 2 is 2.15 bits per heavy atom. The Labute approximate surface area is 164 Å². The van der Waals surface area contributed by atoms with Crippen LogP contribution in [0.25, 0.3) is 0 Å². The highest BCUT2D eigenvalue weighted by Gasteiger charge is 2.28. The van der Waals surface area contributed by atoms with Gasteiger partial charge in [0.25, 0.3) is 5.91 Å². The topological polar surface area (TPSA) is 78.1 Å². The van der Waals surface area contributed by atoms with Gasteiger partial charge in [-0.15, -0.1) is 0 Å². The molecule has 0 spiro atoms. The van der Waals surface area contributed by atoms with E-state index in [1.165, 1.54) is 0 Å². The Bertz CT molecular complexity index is 769. The number of pyridine rings is 1. The van der Waals surface area contributed by atoms with E-state index < -0.39 is 0 Å². The Morgan fingerprint density at radius 3 is 2.74 bits per heavy atom. The maximum atomic E-state index is 12.8. The zero-order valence-electron chi connectivity index (χ0n) is 15.5. The Hall–Kier alpha value is -2.34. The first-order valence-electron chi connectivity index (χ1n) is 9.43. The number of hydrogen-bond acceptors (Lipinski definition) is 3. The Morgan fingerprint density at radius 1 is 1.37 bits per heavy atom. The average molecular weight is 389 g/mol. The minimum absolute atomic E-state index is 0.0245. The van der Waals surface area contributed by atoms with E-state index in [9.17, 15) is 9.59 Å². The fourth-order valence-corrected chi connectivity index (χ4v) is 3.64. The molecule has 2 aromatic rings. The van der Waals surface area contributed by atoms with Gasteiger partial charge in [-0.1, -0.05) is 31.0 Å². The summed E-state index contributed by atoms with van der Waals surface area (Å²) in [7, 11) is 0. The molecular weight excluding hydrogens is 364 g/mol. The largest absolute Gasteiger partial charge is 0.356 e. The molecule has 0 aliphatic carbocycles. The van der Waals surface area contributed by atoms with Crippen molar-refractivity contribution in [1.82, 2.24) is 20.2 Å². The number of aromatic nitrogens is 2. The smallest absolute Gasteiger partial charge is 0.270 e. The molecule has 144 valence electrons. The van der Waals surface area contributed by atoms with Crippen molar-refractivity contribution in [2.24, 2.45) is 0 Å². The van der Waals surface area contributed by atoms with Gasteiger partial charge in [-0.05, 0) is 37.5 Å². The molecule has 1 aliphatic heterocycles. The lowest BCUT2D eigenvalue weighted by molar-refractivity contribution is -0.123. The molecule has 1 atom stereocenters. The molecule has 1 unspecified atom stereocenters. The monoisotopic (exact) mass is 388 g/mol. The molecule has 3 rings (SSSR count). The van der Waals surface area contributed by atoms with Crippen molar-refractivity contribution in [2.45, 2.75) is 44.6 Å². The van der Waals surface area contributed by atoms with Crippen molar-refractivity contribution >= 4 is 23.4 Å². The lowest BCUT2D eigenvalue weighted by Crippen LogP contribution is -2.47. The molecule has 1 saturated heterocycles. The van der Waals surface area contributed by atoms with Crippen LogP contribution < -0.4 is 5.32 Å². The van der Waals surface area contributed by atoms with Crippen LogP contribution in [0.3, 0.4) is 0 Å². The minimum atomic E-state index is -0.225. The number of hydrogen-bond donors (Lipinski definition) is 2. The molecule has 0 radical (unpaired) electrons. The van der Waals surface area contributed by atoms with Crippen LogP contribution >= 0.6 is 11.6 Å². The number of halogens is 1. The van der Waals surface area contributed by atoms with Crippen molar-refractivity contribution in [1.29, 1.82) is 0 Å². The molecule has 3 heterocycles. The number of H-pyrrole nitrogens is 1. The highest BCUT2D eigenvalue weighted by atomic mass is 35.5. The van der Waals surface area contributed by atoms with Crippen molar-refractivity contribution < 1.29 is 9.59 Å². The zero-order chi connectivity index (χ0) is 19.2. The molecule has 0 aromatic carbocycles. The van der Waals surface area contributed by atoms with Gasteiger partial charge in [0.15, 0.2) is 0 Å². The van der Waals surface area contributed by atoms with Crippen molar-refractivity contribution in [2.75, 3.05) is 13.1 Å². The summed E-state index contributed by atoms with van der Waals surface area (Å²) in [5.74, 6) is -0.252. The van der Waals surface area contributed by atoms with Crippen LogP contribution in [0.15, 0.2) is 36.7 Å². The summed E-state index contributed by atoms with van der Waals surface area (Å²) in [6.45, 7) is 3.30. The number of carbonyl (C=O) groups excluding carboxylic acids is 2. The number of nitrogens with one attached hydrogen (secondary N) is 2. The fourth-order valence-electron chi connectivity index (χ4n) is 3.47. The number of piperidine rings is 1. The van der Waals surface area contributed by atoms with E-state index in [2.05, 4.69) is 22.2 Å². The first-order valence-corrected chi connectivity index (χ1v) is 9.80. The predicted octanol–water partition coefficient (Wildman–Crippen LogP) is 3.37. The normalized spacial score (nSPS) is 16.1. The molecule has 2 aromatic heterocycles. The molecular formula is C20H25ClN4O2.